The Kier molecular flexibility index (Phi) is 3.04. The molecule has 6 nitrogen and oxygen atoms in total. The lowest BCUT2D eigenvalue weighted by Crippen LogP contribution is -2.13. The quantitative estimate of drug-likeness (QED) is 0.431. The molecule has 0 saturated carbocycles. The molecule has 0 spiro atoms. The molecule has 0 aliphatic carbocycles. The van der Waals surface area contributed by atoms with Gasteiger partial charge in [-0.25, -0.2) is 10.1 Å². The molecule has 3 rings (SSSR count). The van der Waals surface area contributed by atoms with Crippen molar-refractivity contribution in [2.24, 2.45) is 5.10 Å². The van der Waals surface area contributed by atoms with Gasteiger partial charge in [-0.2, -0.15) is 5.10 Å². The van der Waals surface area contributed by atoms with Crippen LogP contribution in [0.2, 0.25) is 0 Å². The minimum Gasteiger partial charge on any atom is -0.335 e. The van der Waals surface area contributed by atoms with Crippen molar-refractivity contribution in [1.29, 1.82) is 0 Å². The van der Waals surface area contributed by atoms with Crippen molar-refractivity contribution in [3.05, 3.63) is 53.9 Å². The Bertz CT molecular complexity index is 769. The van der Waals surface area contributed by atoms with Crippen molar-refractivity contribution in [2.75, 3.05) is 11.3 Å². The summed E-state index contributed by atoms with van der Waals surface area (Å²) in [6, 6.07) is 14.2. The van der Waals surface area contributed by atoms with Gasteiger partial charge < -0.3 is 5.84 Å². The predicted molar refractivity (Wildman–Crippen MR) is 80.1 cm³/mol. The first kappa shape index (κ1) is 12.2. The van der Waals surface area contributed by atoms with Crippen LogP contribution in [0.5, 0.6) is 0 Å². The second-order valence-corrected chi connectivity index (χ2v) is 4.38. The van der Waals surface area contributed by atoms with E-state index in [-0.39, 0.29) is 0 Å². The number of nitrogen functional groups attached to an aromatic ring is 1. The summed E-state index contributed by atoms with van der Waals surface area (Å²) >= 11 is 0. The number of anilines is 1. The Morgan fingerprint density at radius 1 is 1.15 bits per heavy atom. The van der Waals surface area contributed by atoms with Crippen molar-refractivity contribution in [3.8, 4) is 0 Å². The van der Waals surface area contributed by atoms with E-state index in [9.17, 15) is 0 Å². The van der Waals surface area contributed by atoms with E-state index in [4.69, 9.17) is 5.84 Å². The molecule has 6 heteroatoms. The summed E-state index contributed by atoms with van der Waals surface area (Å²) in [6.07, 6.45) is 1.74. The molecule has 100 valence electrons. The maximum Gasteiger partial charge on any atom is 0.263 e. The number of nitrogens with one attached hydrogen (secondary N) is 1. The number of nitrogens with zero attached hydrogens (tertiary/aromatic N) is 4. The lowest BCUT2D eigenvalue weighted by Gasteiger charge is -2.02. The molecular weight excluding hydrogens is 252 g/mol. The molecule has 0 aliphatic rings. The number of aromatic nitrogens is 3. The van der Waals surface area contributed by atoms with Crippen LogP contribution in [-0.2, 0) is 0 Å². The molecule has 0 radical (unpaired) electrons. The lowest BCUT2D eigenvalue weighted by molar-refractivity contribution is 0.926. The largest absolute Gasteiger partial charge is 0.335 e. The van der Waals surface area contributed by atoms with Crippen LogP contribution in [0.1, 0.15) is 11.4 Å². The minimum absolute atomic E-state index is 0.402. The predicted octanol–water partition coefficient (Wildman–Crippen LogP) is 1.90. The van der Waals surface area contributed by atoms with Gasteiger partial charge in [-0.3, -0.25) is 0 Å². The van der Waals surface area contributed by atoms with E-state index >= 15 is 0 Å². The number of fused-ring (bicyclic) bond motifs is 1. The van der Waals surface area contributed by atoms with E-state index < -0.39 is 0 Å². The van der Waals surface area contributed by atoms with Gasteiger partial charge in [-0.05, 0) is 17.7 Å². The molecule has 0 unspecified atom stereocenters. The molecule has 1 aromatic heterocycles. The molecule has 0 aliphatic heterocycles. The van der Waals surface area contributed by atoms with Gasteiger partial charge in [0.2, 0.25) is 0 Å². The summed E-state index contributed by atoms with van der Waals surface area (Å²) in [4.78, 5) is 0. The Morgan fingerprint density at radius 3 is 2.75 bits per heavy atom. The molecule has 1 heterocycles. The fourth-order valence-electron chi connectivity index (χ4n) is 1.97. The third-order valence-electron chi connectivity index (χ3n) is 3.06. The maximum atomic E-state index is 5.73. The summed E-state index contributed by atoms with van der Waals surface area (Å²) in [6.45, 7) is 1.77. The smallest absolute Gasteiger partial charge is 0.263 e. The van der Waals surface area contributed by atoms with Gasteiger partial charge in [0.15, 0.2) is 5.82 Å². The number of rotatable bonds is 3. The summed E-state index contributed by atoms with van der Waals surface area (Å²) in [5.74, 6) is 6.75. The third-order valence-corrected chi connectivity index (χ3v) is 3.06. The second kappa shape index (κ2) is 5.00. The van der Waals surface area contributed by atoms with Gasteiger partial charge in [0.1, 0.15) is 0 Å². The molecule has 0 amide bonds. The zero-order valence-corrected chi connectivity index (χ0v) is 11.0. The monoisotopic (exact) mass is 266 g/mol. The second-order valence-electron chi connectivity index (χ2n) is 4.38. The van der Waals surface area contributed by atoms with Crippen LogP contribution >= 0.6 is 0 Å². The van der Waals surface area contributed by atoms with Crippen molar-refractivity contribution < 1.29 is 0 Å². The van der Waals surface area contributed by atoms with Crippen LogP contribution in [0.3, 0.4) is 0 Å². The number of nitrogens with two attached hydrogens (primary N) is 1. The lowest BCUT2D eigenvalue weighted by atomic mass is 10.1. The first-order valence-corrected chi connectivity index (χ1v) is 6.19. The number of aryl methyl sites for hydroxylation is 1. The van der Waals surface area contributed by atoms with Gasteiger partial charge in [0, 0.05) is 5.56 Å². The van der Waals surface area contributed by atoms with Crippen LogP contribution in [-0.4, -0.2) is 21.1 Å². The molecule has 0 saturated heterocycles. The minimum atomic E-state index is 0.402. The van der Waals surface area contributed by atoms with E-state index in [1.54, 1.807) is 13.1 Å². The molecule has 2 aromatic carbocycles. The zero-order valence-electron chi connectivity index (χ0n) is 11.0. The molecule has 20 heavy (non-hydrogen) atoms. The van der Waals surface area contributed by atoms with Crippen LogP contribution < -0.4 is 11.3 Å². The van der Waals surface area contributed by atoms with Crippen LogP contribution in [0.25, 0.3) is 10.8 Å². The summed E-state index contributed by atoms with van der Waals surface area (Å²) in [7, 11) is 0. The average Bonchev–Trinajstić information content (AvgIpc) is 2.79. The van der Waals surface area contributed by atoms with Crippen molar-refractivity contribution in [1.82, 2.24) is 14.9 Å². The Hall–Kier alpha value is -2.89. The SMILES string of the molecule is Cc1nnc(NN=Cc2cccc3ccccc23)n1N. The average molecular weight is 266 g/mol. The molecular formula is C14H14N6. The molecule has 0 bridgehead atoms. The summed E-state index contributed by atoms with van der Waals surface area (Å²) in [5, 5.41) is 14.2. The standard InChI is InChI=1S/C14H14N6/c1-10-17-19-14(20(10)15)18-16-9-12-7-4-6-11-5-2-3-8-13(11)12/h2-9H,15H2,1H3,(H,18,19). The highest BCUT2D eigenvalue weighted by molar-refractivity contribution is 5.99. The van der Waals surface area contributed by atoms with Gasteiger partial charge in [0.25, 0.3) is 5.95 Å². The fraction of sp³-hybridized carbons (Fsp3) is 0.0714. The highest BCUT2D eigenvalue weighted by Gasteiger charge is 2.03. The molecule has 0 atom stereocenters. The third kappa shape index (κ3) is 2.18. The fourth-order valence-corrected chi connectivity index (χ4v) is 1.97. The van der Waals surface area contributed by atoms with Crippen molar-refractivity contribution in [3.63, 3.8) is 0 Å². The number of hydrogen-bond donors (Lipinski definition) is 2. The number of benzene rings is 2. The van der Waals surface area contributed by atoms with Crippen LogP contribution in [0.4, 0.5) is 5.95 Å². The number of hydrazone groups is 1. The van der Waals surface area contributed by atoms with E-state index in [1.165, 1.54) is 10.1 Å². The van der Waals surface area contributed by atoms with E-state index in [0.717, 1.165) is 10.9 Å². The first-order chi connectivity index (χ1) is 9.75. The topological polar surface area (TPSA) is 81.1 Å². The van der Waals surface area contributed by atoms with Gasteiger partial charge in [-0.1, -0.05) is 42.5 Å². The van der Waals surface area contributed by atoms with E-state index in [1.807, 2.05) is 24.3 Å². The zero-order chi connectivity index (χ0) is 13.9. The highest BCUT2D eigenvalue weighted by Crippen LogP contribution is 2.16. The van der Waals surface area contributed by atoms with Gasteiger partial charge in [-0.15, -0.1) is 10.2 Å². The summed E-state index contributed by atoms with van der Waals surface area (Å²) < 4.78 is 1.35. The van der Waals surface area contributed by atoms with E-state index in [2.05, 4.69) is 38.9 Å². The first-order valence-electron chi connectivity index (χ1n) is 6.19. The van der Waals surface area contributed by atoms with Gasteiger partial charge in [0.05, 0.1) is 6.21 Å². The summed E-state index contributed by atoms with van der Waals surface area (Å²) in [5.41, 5.74) is 3.80. The van der Waals surface area contributed by atoms with Crippen LogP contribution in [0, 0.1) is 6.92 Å². The van der Waals surface area contributed by atoms with Gasteiger partial charge >= 0.3 is 0 Å². The Balaban J connectivity index is 1.86. The molecule has 3 N–H and O–H groups in total. The van der Waals surface area contributed by atoms with Crippen molar-refractivity contribution in [2.45, 2.75) is 6.92 Å². The molecule has 0 fully saturated rings. The Morgan fingerprint density at radius 2 is 1.95 bits per heavy atom. The molecule has 3 aromatic rings. The Labute approximate surface area is 115 Å². The normalized spacial score (nSPS) is 11.2. The van der Waals surface area contributed by atoms with E-state index in [0.29, 0.717) is 11.8 Å². The highest BCUT2D eigenvalue weighted by atomic mass is 15.5. The maximum absolute atomic E-state index is 5.73. The van der Waals surface area contributed by atoms with Crippen molar-refractivity contribution >= 4 is 22.9 Å². The van der Waals surface area contributed by atoms with Crippen LogP contribution in [0.15, 0.2) is 47.6 Å². The number of hydrogen-bond acceptors (Lipinski definition) is 5.